The molecule has 0 saturated heterocycles. The number of allylic oxidation sites excluding steroid dienone is 3. The van der Waals surface area contributed by atoms with Crippen molar-refractivity contribution in [3.05, 3.63) is 47.6 Å². The summed E-state index contributed by atoms with van der Waals surface area (Å²) in [5, 5.41) is 24.4. The summed E-state index contributed by atoms with van der Waals surface area (Å²) in [7, 11) is 0. The number of aromatic hydroxyl groups is 2. The van der Waals surface area contributed by atoms with E-state index in [2.05, 4.69) is 5.16 Å². The first-order valence-corrected chi connectivity index (χ1v) is 11.5. The molecular formula is C25H34N2O6. The lowest BCUT2D eigenvalue weighted by Crippen LogP contribution is -2.35. The normalized spacial score (nSPS) is 18.0. The number of oxime groups is 1. The van der Waals surface area contributed by atoms with Gasteiger partial charge in [0.1, 0.15) is 17.1 Å². The molecule has 1 heterocycles. The third kappa shape index (κ3) is 8.63. The number of nitrogens with zero attached hydrogens (tertiary/aromatic N) is 2. The lowest BCUT2D eigenvalue weighted by atomic mass is 10.00. The van der Waals surface area contributed by atoms with Crippen molar-refractivity contribution in [1.82, 2.24) is 4.90 Å². The second kappa shape index (κ2) is 14.0. The van der Waals surface area contributed by atoms with Gasteiger partial charge < -0.3 is 24.7 Å². The van der Waals surface area contributed by atoms with Crippen molar-refractivity contribution in [3.63, 3.8) is 0 Å². The molecule has 0 fully saturated rings. The zero-order valence-electron chi connectivity index (χ0n) is 19.5. The van der Waals surface area contributed by atoms with Crippen LogP contribution in [0, 0.1) is 0 Å². The lowest BCUT2D eigenvalue weighted by Gasteiger charge is -2.20. The number of benzene rings is 1. The molecule has 8 nitrogen and oxygen atoms in total. The smallest absolute Gasteiger partial charge is 0.342 e. The number of phenolic OH excluding ortho intramolecular Hbond substituents is 2. The zero-order valence-corrected chi connectivity index (χ0v) is 19.5. The van der Waals surface area contributed by atoms with Crippen LogP contribution in [0.15, 0.2) is 41.6 Å². The van der Waals surface area contributed by atoms with Crippen molar-refractivity contribution in [2.75, 3.05) is 26.3 Å². The topological polar surface area (TPSA) is 109 Å². The third-order valence-corrected chi connectivity index (χ3v) is 4.96. The Morgan fingerprint density at radius 2 is 1.79 bits per heavy atom. The largest absolute Gasteiger partial charge is 0.508 e. The lowest BCUT2D eigenvalue weighted by molar-refractivity contribution is -0.136. The van der Waals surface area contributed by atoms with E-state index in [4.69, 9.17) is 9.57 Å². The van der Waals surface area contributed by atoms with E-state index in [0.717, 1.165) is 31.7 Å². The van der Waals surface area contributed by atoms with Crippen molar-refractivity contribution < 1.29 is 29.4 Å². The van der Waals surface area contributed by atoms with Crippen LogP contribution in [-0.2, 0) is 20.8 Å². The van der Waals surface area contributed by atoms with E-state index in [1.165, 1.54) is 6.07 Å². The molecule has 0 bridgehead atoms. The Labute approximate surface area is 195 Å². The SMILES string of the molecule is CCCN(CCC)C(=O)CO/N=C1/C=C/CC/C=C/CCOC(=O)c2c(O)cc(O)cc2C1. The van der Waals surface area contributed by atoms with Crippen molar-refractivity contribution >= 4 is 17.6 Å². The fourth-order valence-electron chi connectivity index (χ4n) is 3.46. The molecule has 2 rings (SSSR count). The molecule has 2 N–H and O–H groups in total. The number of phenols is 2. The fourth-order valence-corrected chi connectivity index (χ4v) is 3.46. The van der Waals surface area contributed by atoms with Gasteiger partial charge in [-0.05, 0) is 49.8 Å². The molecular weight excluding hydrogens is 424 g/mol. The average Bonchev–Trinajstić information content (AvgIpc) is 2.76. The van der Waals surface area contributed by atoms with Crippen LogP contribution < -0.4 is 0 Å². The summed E-state index contributed by atoms with van der Waals surface area (Å²) in [5.41, 5.74) is 0.769. The van der Waals surface area contributed by atoms with Crippen molar-refractivity contribution in [2.45, 2.75) is 52.4 Å². The number of amides is 1. The van der Waals surface area contributed by atoms with Gasteiger partial charge in [0, 0.05) is 25.6 Å². The van der Waals surface area contributed by atoms with Crippen LogP contribution >= 0.6 is 0 Å². The molecule has 0 radical (unpaired) electrons. The van der Waals surface area contributed by atoms with Crippen molar-refractivity contribution in [1.29, 1.82) is 0 Å². The second-order valence-electron chi connectivity index (χ2n) is 7.79. The first kappa shape index (κ1) is 26.0. The van der Waals surface area contributed by atoms with E-state index in [9.17, 15) is 19.8 Å². The molecule has 0 atom stereocenters. The summed E-state index contributed by atoms with van der Waals surface area (Å²) >= 11 is 0. The molecule has 1 aliphatic rings. The quantitative estimate of drug-likeness (QED) is 0.362. The van der Waals surface area contributed by atoms with Gasteiger partial charge in [0.15, 0.2) is 6.61 Å². The average molecular weight is 459 g/mol. The maximum Gasteiger partial charge on any atom is 0.342 e. The van der Waals surface area contributed by atoms with Gasteiger partial charge in [0.25, 0.3) is 5.91 Å². The molecule has 33 heavy (non-hydrogen) atoms. The van der Waals surface area contributed by atoms with Gasteiger partial charge in [-0.25, -0.2) is 4.79 Å². The number of carbonyl (C=O) groups is 2. The molecule has 1 aromatic carbocycles. The third-order valence-electron chi connectivity index (χ3n) is 4.96. The van der Waals surface area contributed by atoms with E-state index in [1.54, 1.807) is 11.0 Å². The number of cyclic esters (lactones) is 1. The summed E-state index contributed by atoms with van der Waals surface area (Å²) in [6, 6.07) is 2.49. The predicted molar refractivity (Wildman–Crippen MR) is 126 cm³/mol. The molecule has 0 aliphatic carbocycles. The number of hydrogen-bond acceptors (Lipinski definition) is 7. The van der Waals surface area contributed by atoms with Crippen LogP contribution in [0.5, 0.6) is 11.5 Å². The summed E-state index contributed by atoms with van der Waals surface area (Å²) in [6.45, 7) is 5.34. The van der Waals surface area contributed by atoms with Crippen molar-refractivity contribution in [2.24, 2.45) is 5.16 Å². The molecule has 180 valence electrons. The summed E-state index contributed by atoms with van der Waals surface area (Å²) < 4.78 is 5.28. The second-order valence-corrected chi connectivity index (χ2v) is 7.79. The van der Waals surface area contributed by atoms with Gasteiger partial charge in [-0.3, -0.25) is 4.79 Å². The Kier molecular flexibility index (Phi) is 11.0. The number of esters is 1. The van der Waals surface area contributed by atoms with Crippen LogP contribution in [0.1, 0.15) is 61.9 Å². The highest BCUT2D eigenvalue weighted by Gasteiger charge is 2.21. The molecule has 0 saturated carbocycles. The number of ether oxygens (including phenoxy) is 1. The Hall–Kier alpha value is -3.29. The maximum absolute atomic E-state index is 12.6. The highest BCUT2D eigenvalue weighted by atomic mass is 16.6. The highest BCUT2D eigenvalue weighted by Crippen LogP contribution is 2.29. The van der Waals surface area contributed by atoms with Crippen LogP contribution in [-0.4, -0.2) is 59.0 Å². The Balaban J connectivity index is 2.27. The molecule has 0 spiro atoms. The standard InChI is InChI=1S/C25H34N2O6/c1-3-12-27(13-4-2)23(30)18-33-26-20-11-9-7-5-6-8-10-14-32-25(31)24-19(15-20)16-21(28)17-22(24)29/h6,8-9,11,16-17,28-29H,3-5,7,10,12-15,18H2,1-2H3/b8-6+,11-9+,26-20-. The minimum Gasteiger partial charge on any atom is -0.508 e. The molecule has 0 aromatic heterocycles. The number of carbonyl (C=O) groups excluding carboxylic acids is 2. The first-order chi connectivity index (χ1) is 16.0. The van der Waals surface area contributed by atoms with Crippen molar-refractivity contribution in [3.8, 4) is 11.5 Å². The summed E-state index contributed by atoms with van der Waals surface area (Å²) in [4.78, 5) is 32.2. The van der Waals surface area contributed by atoms with E-state index in [0.29, 0.717) is 30.8 Å². The van der Waals surface area contributed by atoms with E-state index < -0.39 is 5.97 Å². The van der Waals surface area contributed by atoms with Crippen LogP contribution in [0.3, 0.4) is 0 Å². The van der Waals surface area contributed by atoms with Gasteiger partial charge in [0.05, 0.1) is 12.3 Å². The van der Waals surface area contributed by atoms with Gasteiger partial charge in [-0.1, -0.05) is 37.2 Å². The van der Waals surface area contributed by atoms with E-state index >= 15 is 0 Å². The monoisotopic (exact) mass is 458 g/mol. The van der Waals surface area contributed by atoms with Crippen LogP contribution in [0.25, 0.3) is 0 Å². The predicted octanol–water partition coefficient (Wildman–Crippen LogP) is 4.11. The minimum absolute atomic E-state index is 0.0249. The number of hydrogen-bond donors (Lipinski definition) is 2. The van der Waals surface area contributed by atoms with Gasteiger partial charge in [-0.2, -0.15) is 0 Å². The van der Waals surface area contributed by atoms with Gasteiger partial charge >= 0.3 is 5.97 Å². The Bertz CT molecular complexity index is 885. The molecule has 8 heteroatoms. The molecule has 0 unspecified atom stereocenters. The fraction of sp³-hybridized carbons (Fsp3) is 0.480. The Morgan fingerprint density at radius 3 is 2.52 bits per heavy atom. The minimum atomic E-state index is -0.679. The summed E-state index contributed by atoms with van der Waals surface area (Å²) in [6.07, 6.45) is 11.6. The van der Waals surface area contributed by atoms with Gasteiger partial charge in [-0.15, -0.1) is 0 Å². The van der Waals surface area contributed by atoms with Gasteiger partial charge in [0.2, 0.25) is 0 Å². The molecule has 1 amide bonds. The zero-order chi connectivity index (χ0) is 24.1. The molecule has 1 aromatic rings. The first-order valence-electron chi connectivity index (χ1n) is 11.5. The van der Waals surface area contributed by atoms with Crippen LogP contribution in [0.2, 0.25) is 0 Å². The Morgan fingerprint density at radius 1 is 1.09 bits per heavy atom. The van der Waals surface area contributed by atoms with E-state index in [1.807, 2.05) is 32.1 Å². The molecule has 1 aliphatic heterocycles. The van der Waals surface area contributed by atoms with E-state index in [-0.39, 0.29) is 42.6 Å². The number of fused-ring (bicyclic) bond motifs is 1. The number of rotatable bonds is 7. The van der Waals surface area contributed by atoms with Crippen LogP contribution in [0.4, 0.5) is 0 Å². The maximum atomic E-state index is 12.6. The highest BCUT2D eigenvalue weighted by molar-refractivity contribution is 6.00. The summed E-state index contributed by atoms with van der Waals surface area (Å²) in [5.74, 6) is -1.37.